The number of hydrogen-bond donors (Lipinski definition) is 1. The fraction of sp³-hybridized carbons (Fsp3) is 0.0667. The molecule has 0 aliphatic heterocycles. The number of carbonyl (C=O) groups excluding carboxylic acids is 1. The SMILES string of the molecule is O=C(NCc1ccco1)c1cc2ccccc2cn1. The van der Waals surface area contributed by atoms with E-state index in [1.807, 2.05) is 30.3 Å². The molecule has 0 radical (unpaired) electrons. The lowest BCUT2D eigenvalue weighted by Crippen LogP contribution is -2.23. The minimum absolute atomic E-state index is 0.206. The smallest absolute Gasteiger partial charge is 0.270 e. The summed E-state index contributed by atoms with van der Waals surface area (Å²) in [5.41, 5.74) is 0.408. The van der Waals surface area contributed by atoms with Gasteiger partial charge in [-0.2, -0.15) is 0 Å². The van der Waals surface area contributed by atoms with Gasteiger partial charge in [0.05, 0.1) is 12.8 Å². The third-order valence-corrected chi connectivity index (χ3v) is 2.87. The zero-order chi connectivity index (χ0) is 13.1. The van der Waals surface area contributed by atoms with Gasteiger partial charge in [0.15, 0.2) is 0 Å². The van der Waals surface area contributed by atoms with Gasteiger partial charge in [0.2, 0.25) is 0 Å². The maximum absolute atomic E-state index is 12.0. The number of fused-ring (bicyclic) bond motifs is 1. The number of benzene rings is 1. The predicted molar refractivity (Wildman–Crippen MR) is 71.6 cm³/mol. The van der Waals surface area contributed by atoms with Gasteiger partial charge < -0.3 is 9.73 Å². The highest BCUT2D eigenvalue weighted by molar-refractivity contribution is 5.96. The lowest BCUT2D eigenvalue weighted by atomic mass is 10.1. The Labute approximate surface area is 110 Å². The van der Waals surface area contributed by atoms with Crippen LogP contribution in [0.25, 0.3) is 10.8 Å². The number of amides is 1. The van der Waals surface area contributed by atoms with Crippen molar-refractivity contribution in [2.45, 2.75) is 6.54 Å². The summed E-state index contributed by atoms with van der Waals surface area (Å²) in [7, 11) is 0. The lowest BCUT2D eigenvalue weighted by Gasteiger charge is -2.04. The van der Waals surface area contributed by atoms with Gasteiger partial charge in [0.1, 0.15) is 11.5 Å². The second-order valence-electron chi connectivity index (χ2n) is 4.18. The highest BCUT2D eigenvalue weighted by Crippen LogP contribution is 2.13. The Morgan fingerprint density at radius 2 is 2.00 bits per heavy atom. The predicted octanol–water partition coefficient (Wildman–Crippen LogP) is 2.76. The van der Waals surface area contributed by atoms with Crippen LogP contribution in [0.5, 0.6) is 0 Å². The molecular formula is C15H12N2O2. The summed E-state index contributed by atoms with van der Waals surface area (Å²) < 4.78 is 5.15. The Bertz CT molecular complexity index is 705. The molecule has 0 saturated carbocycles. The molecule has 0 atom stereocenters. The molecule has 0 spiro atoms. The molecule has 94 valence electrons. The number of carbonyl (C=O) groups is 1. The van der Waals surface area contributed by atoms with Crippen LogP contribution in [0.2, 0.25) is 0 Å². The van der Waals surface area contributed by atoms with E-state index in [4.69, 9.17) is 4.42 Å². The molecule has 4 heteroatoms. The first-order valence-electron chi connectivity index (χ1n) is 5.98. The summed E-state index contributed by atoms with van der Waals surface area (Å²) in [6.07, 6.45) is 3.28. The van der Waals surface area contributed by atoms with Crippen LogP contribution in [-0.4, -0.2) is 10.9 Å². The minimum Gasteiger partial charge on any atom is -0.467 e. The number of pyridine rings is 1. The fourth-order valence-electron chi connectivity index (χ4n) is 1.88. The molecule has 1 aromatic carbocycles. The molecule has 0 unspecified atom stereocenters. The van der Waals surface area contributed by atoms with Crippen LogP contribution in [0.3, 0.4) is 0 Å². The van der Waals surface area contributed by atoms with Crippen molar-refractivity contribution in [1.82, 2.24) is 10.3 Å². The Morgan fingerprint density at radius 1 is 1.16 bits per heavy atom. The third-order valence-electron chi connectivity index (χ3n) is 2.87. The molecule has 0 aliphatic rings. The van der Waals surface area contributed by atoms with E-state index in [2.05, 4.69) is 10.3 Å². The molecule has 19 heavy (non-hydrogen) atoms. The summed E-state index contributed by atoms with van der Waals surface area (Å²) in [4.78, 5) is 16.1. The summed E-state index contributed by atoms with van der Waals surface area (Å²) in [6.45, 7) is 0.361. The Kier molecular flexibility index (Phi) is 2.98. The van der Waals surface area contributed by atoms with Gasteiger partial charge in [0, 0.05) is 11.6 Å². The number of aromatic nitrogens is 1. The van der Waals surface area contributed by atoms with E-state index in [9.17, 15) is 4.79 Å². The van der Waals surface area contributed by atoms with E-state index in [1.165, 1.54) is 0 Å². The summed E-state index contributed by atoms with van der Waals surface area (Å²) in [5.74, 6) is 0.510. The topological polar surface area (TPSA) is 55.1 Å². The third kappa shape index (κ3) is 2.47. The molecule has 4 nitrogen and oxygen atoms in total. The van der Waals surface area contributed by atoms with Crippen LogP contribution >= 0.6 is 0 Å². The van der Waals surface area contributed by atoms with Crippen molar-refractivity contribution in [3.05, 3.63) is 66.4 Å². The zero-order valence-corrected chi connectivity index (χ0v) is 10.2. The summed E-state index contributed by atoms with van der Waals surface area (Å²) >= 11 is 0. The number of nitrogens with one attached hydrogen (secondary N) is 1. The summed E-state index contributed by atoms with van der Waals surface area (Å²) in [6, 6.07) is 13.2. The molecule has 3 rings (SSSR count). The van der Waals surface area contributed by atoms with Gasteiger partial charge in [-0.15, -0.1) is 0 Å². The molecule has 2 heterocycles. The number of nitrogens with zero attached hydrogens (tertiary/aromatic N) is 1. The Hall–Kier alpha value is -2.62. The van der Waals surface area contributed by atoms with Gasteiger partial charge in [0.25, 0.3) is 5.91 Å². The first-order chi connectivity index (χ1) is 9.33. The zero-order valence-electron chi connectivity index (χ0n) is 10.2. The second kappa shape index (κ2) is 4.94. The number of furan rings is 1. The summed E-state index contributed by atoms with van der Waals surface area (Å²) in [5, 5.41) is 4.79. The van der Waals surface area contributed by atoms with Crippen molar-refractivity contribution < 1.29 is 9.21 Å². The number of rotatable bonds is 3. The van der Waals surface area contributed by atoms with Crippen molar-refractivity contribution >= 4 is 16.7 Å². The second-order valence-corrected chi connectivity index (χ2v) is 4.18. The largest absolute Gasteiger partial charge is 0.467 e. The lowest BCUT2D eigenvalue weighted by molar-refractivity contribution is 0.0943. The van der Waals surface area contributed by atoms with E-state index >= 15 is 0 Å². The molecule has 1 amide bonds. The standard InChI is InChI=1S/C15H12N2O2/c18-15(17-10-13-6-3-7-19-13)14-8-11-4-1-2-5-12(11)9-16-14/h1-9H,10H2,(H,17,18). The maximum atomic E-state index is 12.0. The quantitative estimate of drug-likeness (QED) is 0.779. The van der Waals surface area contributed by atoms with Gasteiger partial charge in [-0.3, -0.25) is 9.78 Å². The highest BCUT2D eigenvalue weighted by Gasteiger charge is 2.08. The van der Waals surface area contributed by atoms with Crippen LogP contribution < -0.4 is 5.32 Å². The van der Waals surface area contributed by atoms with Gasteiger partial charge in [-0.05, 0) is 23.6 Å². The van der Waals surface area contributed by atoms with Crippen molar-refractivity contribution in [2.75, 3.05) is 0 Å². The molecule has 3 aromatic rings. The average Bonchev–Trinajstić information content (AvgIpc) is 2.97. The van der Waals surface area contributed by atoms with Crippen molar-refractivity contribution in [1.29, 1.82) is 0 Å². The van der Waals surface area contributed by atoms with Crippen LogP contribution in [0, 0.1) is 0 Å². The van der Waals surface area contributed by atoms with E-state index < -0.39 is 0 Å². The molecule has 0 saturated heterocycles. The Morgan fingerprint density at radius 3 is 2.79 bits per heavy atom. The Balaban J connectivity index is 1.77. The molecule has 0 fully saturated rings. The molecule has 1 N–H and O–H groups in total. The van der Waals surface area contributed by atoms with Crippen LogP contribution in [0.4, 0.5) is 0 Å². The maximum Gasteiger partial charge on any atom is 0.270 e. The fourth-order valence-corrected chi connectivity index (χ4v) is 1.88. The van der Waals surface area contributed by atoms with E-state index in [1.54, 1.807) is 24.6 Å². The van der Waals surface area contributed by atoms with Crippen LogP contribution in [0.1, 0.15) is 16.2 Å². The van der Waals surface area contributed by atoms with Crippen molar-refractivity contribution in [3.63, 3.8) is 0 Å². The normalized spacial score (nSPS) is 10.5. The average molecular weight is 252 g/mol. The van der Waals surface area contributed by atoms with Gasteiger partial charge >= 0.3 is 0 Å². The minimum atomic E-state index is -0.206. The van der Waals surface area contributed by atoms with Crippen LogP contribution in [0.15, 0.2) is 59.3 Å². The first kappa shape index (κ1) is 11.5. The van der Waals surface area contributed by atoms with E-state index in [0.717, 1.165) is 10.8 Å². The number of hydrogen-bond acceptors (Lipinski definition) is 3. The molecule has 0 aliphatic carbocycles. The van der Waals surface area contributed by atoms with Crippen molar-refractivity contribution in [3.8, 4) is 0 Å². The highest BCUT2D eigenvalue weighted by atomic mass is 16.3. The first-order valence-corrected chi connectivity index (χ1v) is 5.98. The molecule has 0 bridgehead atoms. The van der Waals surface area contributed by atoms with Gasteiger partial charge in [-0.25, -0.2) is 0 Å². The van der Waals surface area contributed by atoms with Crippen LogP contribution in [-0.2, 0) is 6.54 Å². The van der Waals surface area contributed by atoms with E-state index in [0.29, 0.717) is 18.0 Å². The van der Waals surface area contributed by atoms with Gasteiger partial charge in [-0.1, -0.05) is 24.3 Å². The molecule has 2 aromatic heterocycles. The monoisotopic (exact) mass is 252 g/mol. The molecular weight excluding hydrogens is 240 g/mol. The van der Waals surface area contributed by atoms with Crippen molar-refractivity contribution in [2.24, 2.45) is 0 Å². The van der Waals surface area contributed by atoms with E-state index in [-0.39, 0.29) is 5.91 Å².